The maximum absolute atomic E-state index is 11.8. The molecule has 3 aromatic rings. The van der Waals surface area contributed by atoms with Gasteiger partial charge in [0.1, 0.15) is 0 Å². The maximum Gasteiger partial charge on any atom is 0.227 e. The highest BCUT2D eigenvalue weighted by atomic mass is 79.9. The van der Waals surface area contributed by atoms with E-state index in [1.807, 2.05) is 28.3 Å². The van der Waals surface area contributed by atoms with Gasteiger partial charge in [-0.1, -0.05) is 5.16 Å². The van der Waals surface area contributed by atoms with Gasteiger partial charge in [0, 0.05) is 38.5 Å². The van der Waals surface area contributed by atoms with Crippen molar-refractivity contribution in [3.8, 4) is 11.4 Å². The molecule has 3 rings (SSSR count). The lowest BCUT2D eigenvalue weighted by molar-refractivity contribution is -0.121. The average Bonchev–Trinajstić information content (AvgIpc) is 3.23. The summed E-state index contributed by atoms with van der Waals surface area (Å²) in [5.74, 6) is 1.02. The molecule has 0 fully saturated rings. The number of halogens is 1. The highest BCUT2D eigenvalue weighted by Crippen LogP contribution is 2.20. The standard InChI is InChI=1S/C14H12BrN3O2S2/c15-10-5-11(22-8-10)6-16-12(19)1-2-13-17-14(18-20-13)9-3-4-21-7-9/h3-5,7-8H,1-2,6H2,(H,16,19). The van der Waals surface area contributed by atoms with Gasteiger partial charge in [-0.25, -0.2) is 0 Å². The molecule has 0 aliphatic rings. The zero-order valence-electron chi connectivity index (χ0n) is 11.4. The van der Waals surface area contributed by atoms with Crippen LogP contribution in [-0.4, -0.2) is 16.0 Å². The summed E-state index contributed by atoms with van der Waals surface area (Å²) >= 11 is 6.58. The Bertz CT molecular complexity index is 752. The molecule has 0 atom stereocenters. The minimum Gasteiger partial charge on any atom is -0.351 e. The summed E-state index contributed by atoms with van der Waals surface area (Å²) in [4.78, 5) is 17.2. The number of nitrogens with zero attached hydrogens (tertiary/aromatic N) is 2. The number of aryl methyl sites for hydroxylation is 1. The van der Waals surface area contributed by atoms with Crippen LogP contribution in [0.3, 0.4) is 0 Å². The third-order valence-electron chi connectivity index (χ3n) is 2.89. The molecule has 0 saturated heterocycles. The van der Waals surface area contributed by atoms with Crippen LogP contribution in [0.4, 0.5) is 0 Å². The molecule has 114 valence electrons. The van der Waals surface area contributed by atoms with E-state index >= 15 is 0 Å². The lowest BCUT2D eigenvalue weighted by Crippen LogP contribution is -2.22. The Morgan fingerprint density at radius 3 is 3.05 bits per heavy atom. The Balaban J connectivity index is 1.47. The van der Waals surface area contributed by atoms with Crippen LogP contribution in [0.5, 0.6) is 0 Å². The van der Waals surface area contributed by atoms with Gasteiger partial charge in [0.25, 0.3) is 0 Å². The molecule has 0 aliphatic heterocycles. The molecule has 8 heteroatoms. The van der Waals surface area contributed by atoms with Gasteiger partial charge in [-0.05, 0) is 33.4 Å². The fourth-order valence-electron chi connectivity index (χ4n) is 1.81. The summed E-state index contributed by atoms with van der Waals surface area (Å²) < 4.78 is 6.20. The predicted molar refractivity (Wildman–Crippen MR) is 89.8 cm³/mol. The topological polar surface area (TPSA) is 68.0 Å². The smallest absolute Gasteiger partial charge is 0.227 e. The minimum absolute atomic E-state index is 0.0280. The first-order chi connectivity index (χ1) is 10.7. The van der Waals surface area contributed by atoms with Crippen LogP contribution < -0.4 is 5.32 Å². The quantitative estimate of drug-likeness (QED) is 0.685. The SMILES string of the molecule is O=C(CCc1nc(-c2ccsc2)no1)NCc1cc(Br)cs1. The summed E-state index contributed by atoms with van der Waals surface area (Å²) in [5.41, 5.74) is 0.938. The largest absolute Gasteiger partial charge is 0.351 e. The van der Waals surface area contributed by atoms with Crippen molar-refractivity contribution in [1.82, 2.24) is 15.5 Å². The van der Waals surface area contributed by atoms with Gasteiger partial charge < -0.3 is 9.84 Å². The van der Waals surface area contributed by atoms with Gasteiger partial charge in [-0.15, -0.1) is 11.3 Å². The zero-order chi connectivity index (χ0) is 15.4. The Morgan fingerprint density at radius 2 is 2.32 bits per heavy atom. The van der Waals surface area contributed by atoms with Crippen LogP contribution in [0.15, 0.2) is 37.3 Å². The van der Waals surface area contributed by atoms with Crippen LogP contribution >= 0.6 is 38.6 Å². The molecule has 5 nitrogen and oxygen atoms in total. The lowest BCUT2D eigenvalue weighted by Gasteiger charge is -2.01. The van der Waals surface area contributed by atoms with Crippen molar-refractivity contribution in [2.75, 3.05) is 0 Å². The van der Waals surface area contributed by atoms with Crippen molar-refractivity contribution < 1.29 is 9.32 Å². The molecule has 22 heavy (non-hydrogen) atoms. The third-order valence-corrected chi connectivity index (χ3v) is 5.28. The predicted octanol–water partition coefficient (Wildman–Crippen LogP) is 3.87. The fourth-order valence-corrected chi connectivity index (χ4v) is 3.83. The maximum atomic E-state index is 11.8. The molecule has 0 unspecified atom stereocenters. The van der Waals surface area contributed by atoms with E-state index in [0.717, 1.165) is 14.9 Å². The Labute approximate surface area is 143 Å². The molecule has 1 amide bonds. The van der Waals surface area contributed by atoms with Crippen LogP contribution in [-0.2, 0) is 17.8 Å². The average molecular weight is 398 g/mol. The number of amides is 1. The number of rotatable bonds is 6. The molecule has 3 heterocycles. The van der Waals surface area contributed by atoms with E-state index < -0.39 is 0 Å². The van der Waals surface area contributed by atoms with Gasteiger partial charge in [-0.2, -0.15) is 16.3 Å². The van der Waals surface area contributed by atoms with Crippen LogP contribution in [0, 0.1) is 0 Å². The Kier molecular flexibility index (Phi) is 5.01. The van der Waals surface area contributed by atoms with Gasteiger partial charge >= 0.3 is 0 Å². The summed E-state index contributed by atoms with van der Waals surface area (Å²) in [5, 5.41) is 12.7. The van der Waals surface area contributed by atoms with E-state index in [0.29, 0.717) is 31.1 Å². The zero-order valence-corrected chi connectivity index (χ0v) is 14.6. The van der Waals surface area contributed by atoms with Crippen LogP contribution in [0.1, 0.15) is 17.2 Å². The molecule has 3 aromatic heterocycles. The summed E-state index contributed by atoms with van der Waals surface area (Å²) in [6.07, 6.45) is 0.773. The van der Waals surface area contributed by atoms with E-state index in [1.54, 1.807) is 22.7 Å². The molecule has 0 radical (unpaired) electrons. The van der Waals surface area contributed by atoms with E-state index in [9.17, 15) is 4.79 Å². The molecule has 0 saturated carbocycles. The monoisotopic (exact) mass is 397 g/mol. The Morgan fingerprint density at radius 1 is 1.41 bits per heavy atom. The molecule has 0 aromatic carbocycles. The van der Waals surface area contributed by atoms with Gasteiger partial charge in [-0.3, -0.25) is 4.79 Å². The fraction of sp³-hybridized carbons (Fsp3) is 0.214. The van der Waals surface area contributed by atoms with Crippen molar-refractivity contribution in [2.24, 2.45) is 0 Å². The molecule has 0 aliphatic carbocycles. The van der Waals surface area contributed by atoms with E-state index in [2.05, 4.69) is 31.4 Å². The van der Waals surface area contributed by atoms with E-state index in [1.165, 1.54) is 0 Å². The first-order valence-electron chi connectivity index (χ1n) is 6.55. The first kappa shape index (κ1) is 15.4. The lowest BCUT2D eigenvalue weighted by atomic mass is 10.3. The van der Waals surface area contributed by atoms with Crippen LogP contribution in [0.25, 0.3) is 11.4 Å². The third kappa shape index (κ3) is 4.02. The molecule has 1 N–H and O–H groups in total. The highest BCUT2D eigenvalue weighted by molar-refractivity contribution is 9.10. The summed E-state index contributed by atoms with van der Waals surface area (Å²) in [7, 11) is 0. The number of hydrogen-bond acceptors (Lipinski definition) is 6. The first-order valence-corrected chi connectivity index (χ1v) is 9.17. The minimum atomic E-state index is -0.0280. The molecular formula is C14H12BrN3O2S2. The van der Waals surface area contributed by atoms with Crippen molar-refractivity contribution in [2.45, 2.75) is 19.4 Å². The number of aromatic nitrogens is 2. The second kappa shape index (κ2) is 7.17. The second-order valence-corrected chi connectivity index (χ2v) is 7.22. The molecule has 0 spiro atoms. The molecular weight excluding hydrogens is 386 g/mol. The van der Waals surface area contributed by atoms with Crippen molar-refractivity contribution in [3.05, 3.63) is 43.5 Å². The van der Waals surface area contributed by atoms with Crippen molar-refractivity contribution >= 4 is 44.5 Å². The number of hydrogen-bond donors (Lipinski definition) is 1. The number of carbonyl (C=O) groups is 1. The number of nitrogens with one attached hydrogen (secondary N) is 1. The second-order valence-electron chi connectivity index (χ2n) is 4.53. The van der Waals surface area contributed by atoms with Crippen LogP contribution in [0.2, 0.25) is 0 Å². The summed E-state index contributed by atoms with van der Waals surface area (Å²) in [6, 6.07) is 3.93. The van der Waals surface area contributed by atoms with Gasteiger partial charge in [0.2, 0.25) is 17.6 Å². The normalized spacial score (nSPS) is 10.8. The molecule has 0 bridgehead atoms. The Hall–Kier alpha value is -1.51. The van der Waals surface area contributed by atoms with E-state index in [-0.39, 0.29) is 5.91 Å². The highest BCUT2D eigenvalue weighted by Gasteiger charge is 2.11. The van der Waals surface area contributed by atoms with Crippen molar-refractivity contribution in [3.63, 3.8) is 0 Å². The summed E-state index contributed by atoms with van der Waals surface area (Å²) in [6.45, 7) is 0.541. The van der Waals surface area contributed by atoms with Gasteiger partial charge in [0.05, 0.1) is 6.54 Å². The number of carbonyl (C=O) groups excluding carboxylic acids is 1. The van der Waals surface area contributed by atoms with E-state index in [4.69, 9.17) is 4.52 Å². The van der Waals surface area contributed by atoms with Crippen molar-refractivity contribution in [1.29, 1.82) is 0 Å². The number of thiophene rings is 2. The van der Waals surface area contributed by atoms with Gasteiger partial charge in [0.15, 0.2) is 0 Å².